The van der Waals surface area contributed by atoms with E-state index in [9.17, 15) is 13.2 Å². The Bertz CT molecular complexity index is 629. The number of nitrogens with zero attached hydrogens (tertiary/aromatic N) is 1. The second-order valence-electron chi connectivity index (χ2n) is 5.38. The van der Waals surface area contributed by atoms with Crippen LogP contribution in [0.1, 0.15) is 26.2 Å². The Morgan fingerprint density at radius 1 is 1.45 bits per heavy atom. The van der Waals surface area contributed by atoms with Crippen LogP contribution in [0.5, 0.6) is 5.75 Å². The smallest absolute Gasteiger partial charge is 0.303 e. The van der Waals surface area contributed by atoms with Crippen molar-refractivity contribution in [1.29, 1.82) is 0 Å². The van der Waals surface area contributed by atoms with Crippen LogP contribution in [0.4, 0.5) is 0 Å². The second-order valence-corrected chi connectivity index (χ2v) is 7.31. The lowest BCUT2D eigenvalue weighted by atomic mass is 9.96. The molecule has 1 aromatic carbocycles. The van der Waals surface area contributed by atoms with Crippen LogP contribution in [0.2, 0.25) is 0 Å². The Morgan fingerprint density at radius 3 is 2.91 bits per heavy atom. The first-order valence-corrected chi connectivity index (χ1v) is 8.82. The minimum Gasteiger partial charge on any atom is -0.494 e. The van der Waals surface area contributed by atoms with Crippen molar-refractivity contribution in [1.82, 2.24) is 4.31 Å². The highest BCUT2D eigenvalue weighted by atomic mass is 32.2. The van der Waals surface area contributed by atoms with Crippen molar-refractivity contribution in [3.05, 3.63) is 24.3 Å². The quantitative estimate of drug-likeness (QED) is 0.863. The summed E-state index contributed by atoms with van der Waals surface area (Å²) in [5, 5.41) is 8.88. The van der Waals surface area contributed by atoms with E-state index in [4.69, 9.17) is 9.84 Å². The van der Waals surface area contributed by atoms with Crippen molar-refractivity contribution in [3.63, 3.8) is 0 Å². The standard InChI is InChI=1S/C15H21NO5S/c1-2-21-13-6-3-7-14(10-13)22(19,20)16-8-4-5-12(11-16)9-15(17)18/h3,6-7,10,12H,2,4-5,8-9,11H2,1H3,(H,17,18)/t12-/m0/s1. The van der Waals surface area contributed by atoms with E-state index in [2.05, 4.69) is 0 Å². The number of ether oxygens (including phenoxy) is 1. The van der Waals surface area contributed by atoms with Crippen molar-refractivity contribution in [2.75, 3.05) is 19.7 Å². The number of hydrogen-bond donors (Lipinski definition) is 1. The predicted molar refractivity (Wildman–Crippen MR) is 81.3 cm³/mol. The van der Waals surface area contributed by atoms with Gasteiger partial charge in [0.2, 0.25) is 10.0 Å². The molecule has 1 atom stereocenters. The zero-order valence-corrected chi connectivity index (χ0v) is 13.4. The van der Waals surface area contributed by atoms with Gasteiger partial charge in [0.1, 0.15) is 5.75 Å². The average molecular weight is 327 g/mol. The van der Waals surface area contributed by atoms with Crippen LogP contribution in [0.15, 0.2) is 29.2 Å². The maximum Gasteiger partial charge on any atom is 0.303 e. The average Bonchev–Trinajstić information content (AvgIpc) is 2.47. The van der Waals surface area contributed by atoms with Gasteiger partial charge in [-0.05, 0) is 37.8 Å². The number of benzene rings is 1. The Kier molecular flexibility index (Phi) is 5.42. The van der Waals surface area contributed by atoms with Gasteiger partial charge in [0.05, 0.1) is 11.5 Å². The van der Waals surface area contributed by atoms with Crippen LogP contribution >= 0.6 is 0 Å². The number of piperidine rings is 1. The van der Waals surface area contributed by atoms with Gasteiger partial charge in [-0.3, -0.25) is 4.79 Å². The summed E-state index contributed by atoms with van der Waals surface area (Å²) in [5.41, 5.74) is 0. The zero-order valence-electron chi connectivity index (χ0n) is 12.6. The first kappa shape index (κ1) is 16.8. The predicted octanol–water partition coefficient (Wildman–Crippen LogP) is 1.96. The molecule has 1 aromatic rings. The monoisotopic (exact) mass is 327 g/mol. The highest BCUT2D eigenvalue weighted by Crippen LogP contribution is 2.27. The van der Waals surface area contributed by atoms with Gasteiger partial charge >= 0.3 is 5.97 Å². The van der Waals surface area contributed by atoms with E-state index in [1.807, 2.05) is 6.92 Å². The molecule has 1 heterocycles. The van der Waals surface area contributed by atoms with Crippen molar-refractivity contribution in [3.8, 4) is 5.75 Å². The number of hydrogen-bond acceptors (Lipinski definition) is 4. The third-order valence-electron chi connectivity index (χ3n) is 3.70. The number of carboxylic acid groups (broad SMARTS) is 1. The second kappa shape index (κ2) is 7.11. The lowest BCUT2D eigenvalue weighted by Crippen LogP contribution is -2.40. The van der Waals surface area contributed by atoms with E-state index in [1.165, 1.54) is 10.4 Å². The summed E-state index contributed by atoms with van der Waals surface area (Å²) in [5.74, 6) is -0.499. The van der Waals surface area contributed by atoms with Gasteiger partial charge < -0.3 is 9.84 Å². The molecule has 2 rings (SSSR count). The molecule has 0 unspecified atom stereocenters. The Balaban J connectivity index is 2.18. The van der Waals surface area contributed by atoms with E-state index in [-0.39, 0.29) is 23.8 Å². The summed E-state index contributed by atoms with van der Waals surface area (Å²) < 4.78 is 32.1. The van der Waals surface area contributed by atoms with Gasteiger partial charge in [-0.25, -0.2) is 8.42 Å². The van der Waals surface area contributed by atoms with Crippen molar-refractivity contribution < 1.29 is 23.1 Å². The van der Waals surface area contributed by atoms with Gasteiger partial charge in [0.25, 0.3) is 0 Å². The third kappa shape index (κ3) is 3.98. The Morgan fingerprint density at radius 2 is 2.23 bits per heavy atom. The topological polar surface area (TPSA) is 83.9 Å². The van der Waals surface area contributed by atoms with Crippen LogP contribution in [0.3, 0.4) is 0 Å². The number of carboxylic acids is 1. The van der Waals surface area contributed by atoms with Crippen LogP contribution in [0, 0.1) is 5.92 Å². The van der Waals surface area contributed by atoms with Crippen molar-refractivity contribution in [2.24, 2.45) is 5.92 Å². The molecular formula is C15H21NO5S. The molecule has 0 spiro atoms. The largest absolute Gasteiger partial charge is 0.494 e. The van der Waals surface area contributed by atoms with Gasteiger partial charge in [-0.15, -0.1) is 0 Å². The van der Waals surface area contributed by atoms with Gasteiger partial charge in [0.15, 0.2) is 0 Å². The zero-order chi connectivity index (χ0) is 16.2. The SMILES string of the molecule is CCOc1cccc(S(=O)(=O)N2CCC[C@@H](CC(=O)O)C2)c1. The number of aliphatic carboxylic acids is 1. The van der Waals surface area contributed by atoms with Crippen LogP contribution in [-0.2, 0) is 14.8 Å². The maximum absolute atomic E-state index is 12.7. The van der Waals surface area contributed by atoms with Gasteiger partial charge in [-0.1, -0.05) is 6.07 Å². The summed E-state index contributed by atoms with van der Waals surface area (Å²) >= 11 is 0. The van der Waals surface area contributed by atoms with Gasteiger partial charge in [0, 0.05) is 25.6 Å². The molecular weight excluding hydrogens is 306 g/mol. The summed E-state index contributed by atoms with van der Waals surface area (Å²) in [6, 6.07) is 6.42. The van der Waals surface area contributed by atoms with E-state index < -0.39 is 16.0 Å². The first-order chi connectivity index (χ1) is 10.4. The molecule has 1 saturated heterocycles. The summed E-state index contributed by atoms with van der Waals surface area (Å²) in [7, 11) is -3.61. The Labute approximate surface area is 130 Å². The molecule has 7 heteroatoms. The molecule has 1 aliphatic rings. The lowest BCUT2D eigenvalue weighted by molar-refractivity contribution is -0.138. The minimum atomic E-state index is -3.61. The van der Waals surface area contributed by atoms with Crippen molar-refractivity contribution >= 4 is 16.0 Å². The fourth-order valence-electron chi connectivity index (χ4n) is 2.70. The maximum atomic E-state index is 12.7. The molecule has 122 valence electrons. The van der Waals surface area contributed by atoms with E-state index in [1.54, 1.807) is 18.2 Å². The van der Waals surface area contributed by atoms with Crippen molar-refractivity contribution in [2.45, 2.75) is 31.1 Å². The highest BCUT2D eigenvalue weighted by molar-refractivity contribution is 7.89. The van der Waals surface area contributed by atoms with Gasteiger partial charge in [-0.2, -0.15) is 4.31 Å². The lowest BCUT2D eigenvalue weighted by Gasteiger charge is -2.31. The minimum absolute atomic E-state index is 0.00497. The summed E-state index contributed by atoms with van der Waals surface area (Å²) in [4.78, 5) is 11.0. The fourth-order valence-corrected chi connectivity index (χ4v) is 4.29. The molecule has 1 fully saturated rings. The molecule has 22 heavy (non-hydrogen) atoms. The fraction of sp³-hybridized carbons (Fsp3) is 0.533. The summed E-state index contributed by atoms with van der Waals surface area (Å²) in [6.07, 6.45) is 1.44. The summed E-state index contributed by atoms with van der Waals surface area (Å²) in [6.45, 7) is 2.99. The molecule has 0 radical (unpaired) electrons. The molecule has 0 amide bonds. The van der Waals surface area contributed by atoms with Crippen LogP contribution in [0.25, 0.3) is 0 Å². The van der Waals surface area contributed by atoms with Crippen LogP contribution in [-0.4, -0.2) is 43.5 Å². The van der Waals surface area contributed by atoms with E-state index >= 15 is 0 Å². The Hall–Kier alpha value is -1.60. The molecule has 1 N–H and O–H groups in total. The molecule has 0 aromatic heterocycles. The van der Waals surface area contributed by atoms with E-state index in [0.29, 0.717) is 25.3 Å². The number of carbonyl (C=O) groups is 1. The molecule has 1 aliphatic heterocycles. The molecule has 0 aliphatic carbocycles. The first-order valence-electron chi connectivity index (χ1n) is 7.38. The number of sulfonamides is 1. The normalized spacial score (nSPS) is 19.8. The number of rotatable bonds is 6. The molecule has 0 saturated carbocycles. The highest BCUT2D eigenvalue weighted by Gasteiger charge is 2.31. The third-order valence-corrected chi connectivity index (χ3v) is 5.56. The molecule has 6 nitrogen and oxygen atoms in total. The van der Waals surface area contributed by atoms with Crippen LogP contribution < -0.4 is 4.74 Å². The van der Waals surface area contributed by atoms with E-state index in [0.717, 1.165) is 6.42 Å². The molecule has 0 bridgehead atoms.